The molecule has 1 aromatic carbocycles. The Labute approximate surface area is 131 Å². The molecule has 2 rings (SSSR count). The minimum Gasteiger partial charge on any atom is -0.373 e. The van der Waals surface area contributed by atoms with Gasteiger partial charge in [-0.05, 0) is 38.5 Å². The smallest absolute Gasteiger partial charge is 0.280 e. The third-order valence-electron chi connectivity index (χ3n) is 3.59. The summed E-state index contributed by atoms with van der Waals surface area (Å²) in [4.78, 5) is 0. The summed E-state index contributed by atoms with van der Waals surface area (Å²) in [6.07, 6.45) is -0.240. The van der Waals surface area contributed by atoms with E-state index in [4.69, 9.17) is 10.00 Å². The van der Waals surface area contributed by atoms with Crippen LogP contribution < -0.4 is 4.72 Å². The normalized spacial score (nSPS) is 24.6. The summed E-state index contributed by atoms with van der Waals surface area (Å²) < 4.78 is 34.6. The van der Waals surface area contributed by atoms with E-state index in [1.165, 1.54) is 4.31 Å². The summed E-state index contributed by atoms with van der Waals surface area (Å²) in [6.45, 7) is 6.20. The van der Waals surface area contributed by atoms with Crippen molar-refractivity contribution in [2.24, 2.45) is 0 Å². The number of nitriles is 1. The lowest BCUT2D eigenvalue weighted by Crippen LogP contribution is -2.52. The molecule has 0 amide bonds. The number of morpholine rings is 1. The molecule has 1 N–H and O–H groups in total. The van der Waals surface area contributed by atoms with E-state index in [1.54, 1.807) is 31.2 Å². The van der Waals surface area contributed by atoms with E-state index in [0.717, 1.165) is 5.56 Å². The van der Waals surface area contributed by atoms with Gasteiger partial charge in [0.1, 0.15) is 0 Å². The Balaban J connectivity index is 2.08. The summed E-state index contributed by atoms with van der Waals surface area (Å²) in [6, 6.07) is 8.55. The second kappa shape index (κ2) is 6.75. The quantitative estimate of drug-likeness (QED) is 0.911. The Hall–Kier alpha value is -1.46. The van der Waals surface area contributed by atoms with Gasteiger partial charge in [-0.25, -0.2) is 0 Å². The lowest BCUT2D eigenvalue weighted by molar-refractivity contribution is -0.0444. The minimum atomic E-state index is -3.57. The van der Waals surface area contributed by atoms with Gasteiger partial charge in [-0.3, -0.25) is 0 Å². The summed E-state index contributed by atoms with van der Waals surface area (Å²) in [5.74, 6) is 0. The molecule has 0 bridgehead atoms. The van der Waals surface area contributed by atoms with E-state index in [2.05, 4.69) is 4.72 Å². The number of hydrogen-bond donors (Lipinski definition) is 1. The number of nitrogens with one attached hydrogen (secondary N) is 1. The molecule has 7 heteroatoms. The molecule has 0 radical (unpaired) electrons. The zero-order chi connectivity index (χ0) is 16.3. The largest absolute Gasteiger partial charge is 0.373 e. The van der Waals surface area contributed by atoms with Crippen molar-refractivity contribution in [2.45, 2.75) is 39.0 Å². The molecule has 0 aromatic heterocycles. The highest BCUT2D eigenvalue weighted by atomic mass is 32.2. The summed E-state index contributed by atoms with van der Waals surface area (Å²) >= 11 is 0. The van der Waals surface area contributed by atoms with E-state index in [-0.39, 0.29) is 18.2 Å². The van der Waals surface area contributed by atoms with E-state index in [1.807, 2.05) is 19.9 Å². The van der Waals surface area contributed by atoms with Crippen molar-refractivity contribution in [3.8, 4) is 6.07 Å². The van der Waals surface area contributed by atoms with Crippen LogP contribution in [0.25, 0.3) is 0 Å². The molecule has 6 nitrogen and oxygen atoms in total. The Bertz CT molecular complexity index is 642. The van der Waals surface area contributed by atoms with Gasteiger partial charge in [-0.1, -0.05) is 12.1 Å². The molecule has 1 heterocycles. The summed E-state index contributed by atoms with van der Waals surface area (Å²) in [7, 11) is -3.57. The molecule has 1 aliphatic rings. The molecule has 120 valence electrons. The highest BCUT2D eigenvalue weighted by Gasteiger charge is 2.31. The van der Waals surface area contributed by atoms with Crippen molar-refractivity contribution in [1.29, 1.82) is 5.26 Å². The van der Waals surface area contributed by atoms with Gasteiger partial charge in [0.2, 0.25) is 0 Å². The zero-order valence-electron chi connectivity index (χ0n) is 13.0. The van der Waals surface area contributed by atoms with Crippen LogP contribution in [0.1, 0.15) is 37.9 Å². The first-order valence-electron chi connectivity index (χ1n) is 7.24. The number of benzene rings is 1. The Morgan fingerprint density at radius 1 is 1.27 bits per heavy atom. The maximum absolute atomic E-state index is 12.5. The van der Waals surface area contributed by atoms with E-state index < -0.39 is 10.2 Å². The monoisotopic (exact) mass is 323 g/mol. The molecule has 0 saturated carbocycles. The average Bonchev–Trinajstić information content (AvgIpc) is 2.46. The first-order chi connectivity index (χ1) is 10.3. The number of rotatable bonds is 4. The third kappa shape index (κ3) is 4.05. The van der Waals surface area contributed by atoms with Crippen LogP contribution in [0.5, 0.6) is 0 Å². The lowest BCUT2D eigenvalue weighted by atomic mass is 10.1. The topological polar surface area (TPSA) is 82.4 Å². The highest BCUT2D eigenvalue weighted by molar-refractivity contribution is 7.87. The van der Waals surface area contributed by atoms with Gasteiger partial charge in [0, 0.05) is 19.1 Å². The Morgan fingerprint density at radius 3 is 2.32 bits per heavy atom. The molecule has 0 aliphatic carbocycles. The summed E-state index contributed by atoms with van der Waals surface area (Å²) in [5.41, 5.74) is 1.37. The van der Waals surface area contributed by atoms with Crippen LogP contribution in [0.2, 0.25) is 0 Å². The predicted octanol–water partition coefficient (Wildman–Crippen LogP) is 1.56. The van der Waals surface area contributed by atoms with E-state index in [0.29, 0.717) is 18.7 Å². The van der Waals surface area contributed by atoms with Crippen LogP contribution in [0.15, 0.2) is 24.3 Å². The molecule has 1 aliphatic heterocycles. The highest BCUT2D eigenvalue weighted by Crippen LogP contribution is 2.18. The van der Waals surface area contributed by atoms with Crippen LogP contribution in [0.3, 0.4) is 0 Å². The lowest BCUT2D eigenvalue weighted by Gasteiger charge is -2.35. The van der Waals surface area contributed by atoms with Crippen molar-refractivity contribution < 1.29 is 13.2 Å². The fourth-order valence-electron chi connectivity index (χ4n) is 2.54. The standard InChI is InChI=1S/C15H21N3O3S/c1-11-9-18(10-12(2)21-11)22(19,20)17-13(3)15-6-4-14(8-16)5-7-15/h4-7,11-13,17H,9-10H2,1-3H3/t11-,12+,13-/m0/s1. The molecule has 1 aromatic rings. The average molecular weight is 323 g/mol. The maximum atomic E-state index is 12.5. The second-order valence-corrected chi connectivity index (χ2v) is 7.35. The van der Waals surface area contributed by atoms with Crippen LogP contribution >= 0.6 is 0 Å². The van der Waals surface area contributed by atoms with Gasteiger partial charge in [0.15, 0.2) is 0 Å². The van der Waals surface area contributed by atoms with Gasteiger partial charge in [-0.2, -0.15) is 22.7 Å². The molecular weight excluding hydrogens is 302 g/mol. The molecule has 1 fully saturated rings. The van der Waals surface area contributed by atoms with Crippen LogP contribution in [-0.4, -0.2) is 38.0 Å². The molecule has 0 spiro atoms. The van der Waals surface area contributed by atoms with Crippen molar-refractivity contribution >= 4 is 10.2 Å². The number of nitrogens with zero attached hydrogens (tertiary/aromatic N) is 2. The first-order valence-corrected chi connectivity index (χ1v) is 8.68. The molecule has 22 heavy (non-hydrogen) atoms. The van der Waals surface area contributed by atoms with E-state index >= 15 is 0 Å². The molecular formula is C15H21N3O3S. The minimum absolute atomic E-state index is 0.120. The van der Waals surface area contributed by atoms with Crippen molar-refractivity contribution in [1.82, 2.24) is 9.03 Å². The van der Waals surface area contributed by atoms with Crippen molar-refractivity contribution in [2.75, 3.05) is 13.1 Å². The number of hydrogen-bond acceptors (Lipinski definition) is 4. The van der Waals surface area contributed by atoms with Gasteiger partial charge in [0.25, 0.3) is 10.2 Å². The molecule has 1 saturated heterocycles. The first kappa shape index (κ1) is 16.9. The zero-order valence-corrected chi connectivity index (χ0v) is 13.8. The van der Waals surface area contributed by atoms with E-state index in [9.17, 15) is 8.42 Å². The van der Waals surface area contributed by atoms with Crippen LogP contribution in [0.4, 0.5) is 0 Å². The van der Waals surface area contributed by atoms with Gasteiger partial charge >= 0.3 is 0 Å². The van der Waals surface area contributed by atoms with Gasteiger partial charge in [-0.15, -0.1) is 0 Å². The molecule has 0 unspecified atom stereocenters. The van der Waals surface area contributed by atoms with Crippen molar-refractivity contribution in [3.63, 3.8) is 0 Å². The van der Waals surface area contributed by atoms with Crippen molar-refractivity contribution in [3.05, 3.63) is 35.4 Å². The Kier molecular flexibility index (Phi) is 5.19. The fraction of sp³-hybridized carbons (Fsp3) is 0.533. The summed E-state index contributed by atoms with van der Waals surface area (Å²) in [5, 5.41) is 8.79. The molecule has 3 atom stereocenters. The van der Waals surface area contributed by atoms with Crippen LogP contribution in [0, 0.1) is 11.3 Å². The SMILES string of the molecule is C[C@@H]1CN(S(=O)(=O)N[C@@H](C)c2ccc(C#N)cc2)C[C@H](C)O1. The predicted molar refractivity (Wildman–Crippen MR) is 83.2 cm³/mol. The third-order valence-corrected chi connectivity index (χ3v) is 5.22. The fourth-order valence-corrected chi connectivity index (χ4v) is 4.08. The maximum Gasteiger partial charge on any atom is 0.280 e. The second-order valence-electron chi connectivity index (χ2n) is 5.65. The number of ether oxygens (including phenoxy) is 1. The van der Waals surface area contributed by atoms with Crippen LogP contribution in [-0.2, 0) is 14.9 Å². The van der Waals surface area contributed by atoms with Gasteiger partial charge < -0.3 is 4.74 Å². The van der Waals surface area contributed by atoms with Gasteiger partial charge in [0.05, 0.1) is 23.8 Å². The Morgan fingerprint density at radius 2 is 1.82 bits per heavy atom.